The number of pyridine rings is 1. The van der Waals surface area contributed by atoms with Gasteiger partial charge in [0.2, 0.25) is 0 Å². The summed E-state index contributed by atoms with van der Waals surface area (Å²) < 4.78 is 6.23. The third-order valence-corrected chi connectivity index (χ3v) is 5.68. The smallest absolute Gasteiger partial charge is 0.253 e. The van der Waals surface area contributed by atoms with Crippen molar-refractivity contribution in [2.75, 3.05) is 32.8 Å². The predicted molar refractivity (Wildman–Crippen MR) is 94.0 cm³/mol. The summed E-state index contributed by atoms with van der Waals surface area (Å²) in [5, 5.41) is 0. The molecule has 132 valence electrons. The SMILES string of the molecule is CCN(CC)C1CCOC2(CCN(C(=O)c3ccncc3)CC2)C1. The highest BCUT2D eigenvalue weighted by Crippen LogP contribution is 2.37. The summed E-state index contributed by atoms with van der Waals surface area (Å²) in [5.41, 5.74) is 0.701. The van der Waals surface area contributed by atoms with Crippen molar-refractivity contribution in [3.63, 3.8) is 0 Å². The Morgan fingerprint density at radius 3 is 2.58 bits per heavy atom. The Bertz CT molecular complexity index is 537. The second-order valence-corrected chi connectivity index (χ2v) is 6.93. The second-order valence-electron chi connectivity index (χ2n) is 6.93. The third-order valence-electron chi connectivity index (χ3n) is 5.68. The lowest BCUT2D eigenvalue weighted by atomic mass is 9.81. The molecule has 24 heavy (non-hydrogen) atoms. The summed E-state index contributed by atoms with van der Waals surface area (Å²) in [4.78, 5) is 21.1. The fourth-order valence-electron chi connectivity index (χ4n) is 4.20. The molecule has 0 bridgehead atoms. The van der Waals surface area contributed by atoms with Gasteiger partial charge in [-0.05, 0) is 50.9 Å². The zero-order valence-corrected chi connectivity index (χ0v) is 14.9. The Kier molecular flexibility index (Phi) is 5.51. The lowest BCUT2D eigenvalue weighted by molar-refractivity contribution is -0.129. The van der Waals surface area contributed by atoms with Gasteiger partial charge in [-0.25, -0.2) is 0 Å². The van der Waals surface area contributed by atoms with Crippen molar-refractivity contribution in [1.82, 2.24) is 14.8 Å². The molecule has 5 heteroatoms. The largest absolute Gasteiger partial charge is 0.375 e. The van der Waals surface area contributed by atoms with E-state index in [1.54, 1.807) is 24.5 Å². The monoisotopic (exact) mass is 331 g/mol. The van der Waals surface area contributed by atoms with Gasteiger partial charge < -0.3 is 14.5 Å². The number of ether oxygens (including phenoxy) is 1. The Labute approximate surface area is 145 Å². The van der Waals surface area contributed by atoms with E-state index in [1.165, 1.54) is 0 Å². The molecule has 2 aliphatic heterocycles. The van der Waals surface area contributed by atoms with E-state index in [1.807, 2.05) is 4.90 Å². The number of nitrogens with zero attached hydrogens (tertiary/aromatic N) is 3. The summed E-state index contributed by atoms with van der Waals surface area (Å²) in [6.45, 7) is 9.09. The maximum Gasteiger partial charge on any atom is 0.253 e. The molecule has 1 atom stereocenters. The summed E-state index contributed by atoms with van der Waals surface area (Å²) >= 11 is 0. The van der Waals surface area contributed by atoms with Gasteiger partial charge >= 0.3 is 0 Å². The van der Waals surface area contributed by atoms with Crippen molar-refractivity contribution < 1.29 is 9.53 Å². The minimum Gasteiger partial charge on any atom is -0.375 e. The molecule has 0 saturated carbocycles. The summed E-state index contributed by atoms with van der Waals surface area (Å²) in [6.07, 6.45) is 7.48. The Balaban J connectivity index is 1.60. The quantitative estimate of drug-likeness (QED) is 0.851. The molecule has 1 unspecified atom stereocenters. The first-order chi connectivity index (χ1) is 11.7. The number of rotatable bonds is 4. The molecule has 2 saturated heterocycles. The topological polar surface area (TPSA) is 45.7 Å². The average molecular weight is 331 g/mol. The fraction of sp³-hybridized carbons (Fsp3) is 0.684. The maximum atomic E-state index is 12.6. The minimum absolute atomic E-state index is 0.0273. The molecular formula is C19H29N3O2. The van der Waals surface area contributed by atoms with Gasteiger partial charge in [-0.15, -0.1) is 0 Å². The highest BCUT2D eigenvalue weighted by Gasteiger charge is 2.42. The molecule has 1 aromatic rings. The zero-order chi connectivity index (χ0) is 17.0. The van der Waals surface area contributed by atoms with Crippen LogP contribution in [0.1, 0.15) is 49.9 Å². The fourth-order valence-corrected chi connectivity index (χ4v) is 4.20. The Morgan fingerprint density at radius 2 is 1.96 bits per heavy atom. The van der Waals surface area contributed by atoms with E-state index in [9.17, 15) is 4.79 Å². The molecule has 5 nitrogen and oxygen atoms in total. The Hall–Kier alpha value is -1.46. The molecule has 1 aromatic heterocycles. The van der Waals surface area contributed by atoms with Gasteiger partial charge in [0.05, 0.1) is 5.60 Å². The standard InChI is InChI=1S/C19H29N3O2/c1-3-21(4-2)17-7-14-24-19(15-17)8-12-22(13-9-19)18(23)16-5-10-20-11-6-16/h5-6,10-11,17H,3-4,7-9,12-15H2,1-2H3. The Morgan fingerprint density at radius 1 is 1.29 bits per heavy atom. The van der Waals surface area contributed by atoms with Crippen molar-refractivity contribution >= 4 is 5.91 Å². The molecule has 0 N–H and O–H groups in total. The first-order valence-electron chi connectivity index (χ1n) is 9.25. The van der Waals surface area contributed by atoms with Crippen LogP contribution in [-0.2, 0) is 4.74 Å². The minimum atomic E-state index is -0.0273. The van der Waals surface area contributed by atoms with Crippen molar-refractivity contribution in [2.45, 2.75) is 51.2 Å². The van der Waals surface area contributed by atoms with E-state index in [-0.39, 0.29) is 11.5 Å². The van der Waals surface area contributed by atoms with Crippen LogP contribution in [-0.4, -0.2) is 65.1 Å². The number of likely N-dealkylation sites (tertiary alicyclic amines) is 1. The number of carbonyl (C=O) groups is 1. The molecule has 0 aromatic carbocycles. The van der Waals surface area contributed by atoms with Crippen LogP contribution in [0.25, 0.3) is 0 Å². The molecule has 3 rings (SSSR count). The second kappa shape index (κ2) is 7.62. The van der Waals surface area contributed by atoms with Gasteiger partial charge in [-0.2, -0.15) is 0 Å². The predicted octanol–water partition coefficient (Wildman–Crippen LogP) is 2.58. The molecule has 3 heterocycles. The van der Waals surface area contributed by atoms with Crippen LogP contribution in [0.3, 0.4) is 0 Å². The van der Waals surface area contributed by atoms with Gasteiger partial charge in [-0.3, -0.25) is 9.78 Å². The summed E-state index contributed by atoms with van der Waals surface area (Å²) in [5.74, 6) is 0.114. The van der Waals surface area contributed by atoms with Crippen LogP contribution in [0.5, 0.6) is 0 Å². The van der Waals surface area contributed by atoms with E-state index < -0.39 is 0 Å². The van der Waals surface area contributed by atoms with Crippen molar-refractivity contribution in [3.8, 4) is 0 Å². The maximum absolute atomic E-state index is 12.6. The van der Waals surface area contributed by atoms with E-state index in [4.69, 9.17) is 4.74 Å². The van der Waals surface area contributed by atoms with Gasteiger partial charge in [0.1, 0.15) is 0 Å². The molecule has 0 aliphatic carbocycles. The molecule has 1 amide bonds. The van der Waals surface area contributed by atoms with E-state index in [0.717, 1.165) is 64.0 Å². The normalized spacial score (nSPS) is 23.6. The van der Waals surface area contributed by atoms with Crippen LogP contribution in [0.4, 0.5) is 0 Å². The summed E-state index contributed by atoms with van der Waals surface area (Å²) in [6, 6.07) is 4.21. The lowest BCUT2D eigenvalue weighted by Gasteiger charge is -2.48. The van der Waals surface area contributed by atoms with Crippen molar-refractivity contribution in [1.29, 1.82) is 0 Å². The van der Waals surface area contributed by atoms with Crippen LogP contribution in [0.2, 0.25) is 0 Å². The highest BCUT2D eigenvalue weighted by atomic mass is 16.5. The highest BCUT2D eigenvalue weighted by molar-refractivity contribution is 5.94. The molecular weight excluding hydrogens is 302 g/mol. The first-order valence-corrected chi connectivity index (χ1v) is 9.25. The van der Waals surface area contributed by atoms with Crippen LogP contribution in [0, 0.1) is 0 Å². The van der Waals surface area contributed by atoms with E-state index in [0.29, 0.717) is 6.04 Å². The number of hydrogen-bond acceptors (Lipinski definition) is 4. The zero-order valence-electron chi connectivity index (χ0n) is 14.9. The first kappa shape index (κ1) is 17.4. The molecule has 2 aliphatic rings. The number of aromatic nitrogens is 1. The lowest BCUT2D eigenvalue weighted by Crippen LogP contribution is -2.54. The summed E-state index contributed by atoms with van der Waals surface area (Å²) in [7, 11) is 0. The van der Waals surface area contributed by atoms with Crippen molar-refractivity contribution in [2.24, 2.45) is 0 Å². The van der Waals surface area contributed by atoms with Crippen LogP contribution < -0.4 is 0 Å². The average Bonchev–Trinajstić information content (AvgIpc) is 2.64. The molecule has 0 radical (unpaired) electrons. The van der Waals surface area contributed by atoms with Gasteiger partial charge in [0, 0.05) is 43.7 Å². The van der Waals surface area contributed by atoms with Gasteiger partial charge in [0.25, 0.3) is 5.91 Å². The number of piperidine rings is 1. The van der Waals surface area contributed by atoms with Crippen molar-refractivity contribution in [3.05, 3.63) is 30.1 Å². The van der Waals surface area contributed by atoms with E-state index in [2.05, 4.69) is 23.7 Å². The number of carbonyl (C=O) groups excluding carboxylic acids is 1. The van der Waals surface area contributed by atoms with Gasteiger partial charge in [0.15, 0.2) is 0 Å². The van der Waals surface area contributed by atoms with Crippen LogP contribution in [0.15, 0.2) is 24.5 Å². The number of hydrogen-bond donors (Lipinski definition) is 0. The van der Waals surface area contributed by atoms with Crippen LogP contribution >= 0.6 is 0 Å². The van der Waals surface area contributed by atoms with E-state index >= 15 is 0 Å². The van der Waals surface area contributed by atoms with Gasteiger partial charge in [-0.1, -0.05) is 13.8 Å². The molecule has 1 spiro atoms. The number of amides is 1. The third kappa shape index (κ3) is 3.62. The molecule has 2 fully saturated rings.